The first-order valence-corrected chi connectivity index (χ1v) is 6.88. The van der Waals surface area contributed by atoms with Crippen molar-refractivity contribution in [3.63, 3.8) is 0 Å². The number of anilines is 2. The smallest absolute Gasteiger partial charge is 0.0738 e. The molecule has 0 amide bonds. The second-order valence-corrected chi connectivity index (χ2v) is 5.06. The second kappa shape index (κ2) is 5.88. The number of hydrogen-bond donors (Lipinski definition) is 1. The molecule has 1 saturated heterocycles. The van der Waals surface area contributed by atoms with Crippen molar-refractivity contribution in [1.29, 1.82) is 0 Å². The lowest BCUT2D eigenvalue weighted by Gasteiger charge is -2.36. The fourth-order valence-electron chi connectivity index (χ4n) is 2.58. The third-order valence-corrected chi connectivity index (χ3v) is 3.67. The molecule has 1 aliphatic heterocycles. The van der Waals surface area contributed by atoms with Crippen LogP contribution in [0.2, 0.25) is 0 Å². The van der Waals surface area contributed by atoms with Gasteiger partial charge < -0.3 is 10.6 Å². The zero-order valence-electron chi connectivity index (χ0n) is 11.4. The van der Waals surface area contributed by atoms with E-state index in [9.17, 15) is 0 Å². The SMILES string of the molecule is Nc1cnccc1N1CCN(Cc2cccnc2)CC1. The zero-order valence-corrected chi connectivity index (χ0v) is 11.4. The molecule has 2 aromatic heterocycles. The molecule has 0 radical (unpaired) electrons. The Labute approximate surface area is 119 Å². The Balaban J connectivity index is 1.59. The van der Waals surface area contributed by atoms with Crippen molar-refractivity contribution in [1.82, 2.24) is 14.9 Å². The zero-order chi connectivity index (χ0) is 13.8. The first kappa shape index (κ1) is 12.9. The normalized spacial score (nSPS) is 16.3. The van der Waals surface area contributed by atoms with Crippen LogP contribution in [0, 0.1) is 0 Å². The van der Waals surface area contributed by atoms with Gasteiger partial charge in [0.25, 0.3) is 0 Å². The highest BCUT2D eigenvalue weighted by Crippen LogP contribution is 2.22. The maximum atomic E-state index is 5.98. The van der Waals surface area contributed by atoms with Crippen LogP contribution in [0.1, 0.15) is 5.56 Å². The molecule has 0 aliphatic carbocycles. The molecule has 1 fully saturated rings. The van der Waals surface area contributed by atoms with Gasteiger partial charge in [0, 0.05) is 51.3 Å². The van der Waals surface area contributed by atoms with Gasteiger partial charge >= 0.3 is 0 Å². The average Bonchev–Trinajstić information content (AvgIpc) is 2.50. The highest BCUT2D eigenvalue weighted by atomic mass is 15.3. The highest BCUT2D eigenvalue weighted by Gasteiger charge is 2.18. The molecule has 1 aliphatic rings. The lowest BCUT2D eigenvalue weighted by Crippen LogP contribution is -2.46. The van der Waals surface area contributed by atoms with Crippen molar-refractivity contribution in [3.05, 3.63) is 48.5 Å². The number of aromatic nitrogens is 2. The molecule has 0 saturated carbocycles. The fourth-order valence-corrected chi connectivity index (χ4v) is 2.58. The second-order valence-electron chi connectivity index (χ2n) is 5.06. The van der Waals surface area contributed by atoms with Crippen LogP contribution in [0.15, 0.2) is 43.0 Å². The quantitative estimate of drug-likeness (QED) is 0.912. The first-order valence-electron chi connectivity index (χ1n) is 6.88. The maximum absolute atomic E-state index is 5.98. The van der Waals surface area contributed by atoms with E-state index in [0.29, 0.717) is 0 Å². The van der Waals surface area contributed by atoms with Crippen molar-refractivity contribution < 1.29 is 0 Å². The summed E-state index contributed by atoms with van der Waals surface area (Å²) in [4.78, 5) is 13.0. The number of nitrogen functional groups attached to an aromatic ring is 1. The summed E-state index contributed by atoms with van der Waals surface area (Å²) in [5.41, 5.74) is 9.11. The number of hydrogen-bond acceptors (Lipinski definition) is 5. The van der Waals surface area contributed by atoms with Crippen LogP contribution in [0.3, 0.4) is 0 Å². The molecule has 0 bridgehead atoms. The molecule has 3 rings (SSSR count). The summed E-state index contributed by atoms with van der Waals surface area (Å²) in [5, 5.41) is 0. The van der Waals surface area contributed by atoms with E-state index in [1.165, 1.54) is 5.56 Å². The monoisotopic (exact) mass is 269 g/mol. The third kappa shape index (κ3) is 2.88. The molecule has 20 heavy (non-hydrogen) atoms. The maximum Gasteiger partial charge on any atom is 0.0738 e. The topological polar surface area (TPSA) is 58.3 Å². The summed E-state index contributed by atoms with van der Waals surface area (Å²) in [7, 11) is 0. The Morgan fingerprint density at radius 1 is 1.00 bits per heavy atom. The van der Waals surface area contributed by atoms with Gasteiger partial charge in [0.05, 0.1) is 17.6 Å². The molecule has 104 valence electrons. The fraction of sp³-hybridized carbons (Fsp3) is 0.333. The van der Waals surface area contributed by atoms with E-state index in [1.54, 1.807) is 12.4 Å². The summed E-state index contributed by atoms with van der Waals surface area (Å²) in [5.74, 6) is 0. The standard InChI is InChI=1S/C15H19N5/c16-14-11-18-5-3-15(14)20-8-6-19(7-9-20)12-13-2-1-4-17-10-13/h1-5,10-11H,6-9,12,16H2. The van der Waals surface area contributed by atoms with Crippen LogP contribution in [0.5, 0.6) is 0 Å². The Hall–Kier alpha value is -2.14. The predicted octanol–water partition coefficient (Wildman–Crippen LogP) is 1.38. The number of nitrogens with two attached hydrogens (primary N) is 1. The highest BCUT2D eigenvalue weighted by molar-refractivity contribution is 5.66. The van der Waals surface area contributed by atoms with Gasteiger partial charge in [-0.25, -0.2) is 0 Å². The van der Waals surface area contributed by atoms with Gasteiger partial charge in [0.2, 0.25) is 0 Å². The van der Waals surface area contributed by atoms with Gasteiger partial charge in [-0.3, -0.25) is 14.9 Å². The van der Waals surface area contributed by atoms with Crippen molar-refractivity contribution >= 4 is 11.4 Å². The largest absolute Gasteiger partial charge is 0.396 e. The van der Waals surface area contributed by atoms with E-state index in [4.69, 9.17) is 5.73 Å². The van der Waals surface area contributed by atoms with E-state index < -0.39 is 0 Å². The molecule has 3 heterocycles. The Kier molecular flexibility index (Phi) is 3.78. The Morgan fingerprint density at radius 2 is 1.80 bits per heavy atom. The Bertz CT molecular complexity index is 549. The lowest BCUT2D eigenvalue weighted by molar-refractivity contribution is 0.249. The number of piperazine rings is 1. The first-order chi connectivity index (χ1) is 9.83. The molecule has 0 unspecified atom stereocenters. The summed E-state index contributed by atoms with van der Waals surface area (Å²) in [6.07, 6.45) is 7.27. The molecule has 0 spiro atoms. The van der Waals surface area contributed by atoms with Gasteiger partial charge in [-0.2, -0.15) is 0 Å². The van der Waals surface area contributed by atoms with E-state index in [0.717, 1.165) is 44.1 Å². The van der Waals surface area contributed by atoms with E-state index >= 15 is 0 Å². The Morgan fingerprint density at radius 3 is 2.50 bits per heavy atom. The minimum absolute atomic E-state index is 0.758. The number of nitrogens with zero attached hydrogens (tertiary/aromatic N) is 4. The summed E-state index contributed by atoms with van der Waals surface area (Å²) < 4.78 is 0. The van der Waals surface area contributed by atoms with Crippen molar-refractivity contribution in [2.45, 2.75) is 6.54 Å². The van der Waals surface area contributed by atoms with Crippen molar-refractivity contribution in [2.24, 2.45) is 0 Å². The van der Waals surface area contributed by atoms with Crippen LogP contribution < -0.4 is 10.6 Å². The summed E-state index contributed by atoms with van der Waals surface area (Å²) >= 11 is 0. The average molecular weight is 269 g/mol. The van der Waals surface area contributed by atoms with Crippen LogP contribution in [0.4, 0.5) is 11.4 Å². The minimum Gasteiger partial charge on any atom is -0.396 e. The number of rotatable bonds is 3. The van der Waals surface area contributed by atoms with Gasteiger partial charge in [-0.05, 0) is 17.7 Å². The summed E-state index contributed by atoms with van der Waals surface area (Å²) in [6.45, 7) is 5.03. The predicted molar refractivity (Wildman–Crippen MR) is 80.4 cm³/mol. The van der Waals surface area contributed by atoms with Crippen molar-refractivity contribution in [3.8, 4) is 0 Å². The van der Waals surface area contributed by atoms with Crippen LogP contribution in [-0.4, -0.2) is 41.0 Å². The molecule has 5 nitrogen and oxygen atoms in total. The molecular formula is C15H19N5. The minimum atomic E-state index is 0.758. The molecular weight excluding hydrogens is 250 g/mol. The third-order valence-electron chi connectivity index (χ3n) is 3.67. The molecule has 5 heteroatoms. The van der Waals surface area contributed by atoms with E-state index in [2.05, 4.69) is 25.8 Å². The van der Waals surface area contributed by atoms with Crippen LogP contribution in [0.25, 0.3) is 0 Å². The summed E-state index contributed by atoms with van der Waals surface area (Å²) in [6, 6.07) is 6.11. The molecule has 2 aromatic rings. The van der Waals surface area contributed by atoms with Gasteiger partial charge in [0.15, 0.2) is 0 Å². The van der Waals surface area contributed by atoms with E-state index in [1.807, 2.05) is 24.5 Å². The molecule has 0 aromatic carbocycles. The molecule has 2 N–H and O–H groups in total. The van der Waals surface area contributed by atoms with Crippen LogP contribution in [-0.2, 0) is 6.54 Å². The van der Waals surface area contributed by atoms with E-state index in [-0.39, 0.29) is 0 Å². The lowest BCUT2D eigenvalue weighted by atomic mass is 10.2. The van der Waals surface area contributed by atoms with Gasteiger partial charge in [-0.1, -0.05) is 6.07 Å². The van der Waals surface area contributed by atoms with Crippen molar-refractivity contribution in [2.75, 3.05) is 36.8 Å². The van der Waals surface area contributed by atoms with Gasteiger partial charge in [-0.15, -0.1) is 0 Å². The van der Waals surface area contributed by atoms with Gasteiger partial charge in [0.1, 0.15) is 0 Å². The number of pyridine rings is 2. The molecule has 0 atom stereocenters. The van der Waals surface area contributed by atoms with Crippen LogP contribution >= 0.6 is 0 Å².